The Labute approximate surface area is 150 Å². The van der Waals surface area contributed by atoms with E-state index in [0.717, 1.165) is 57.7 Å². The van der Waals surface area contributed by atoms with Gasteiger partial charge in [-0.25, -0.2) is 4.98 Å². The minimum absolute atomic E-state index is 0.183. The van der Waals surface area contributed by atoms with Gasteiger partial charge in [-0.05, 0) is 40.7 Å². The number of likely N-dealkylation sites (N-methyl/N-ethyl adjacent to an activating group) is 1. The standard InChI is InChI=1S/C18H32N4OS/c1-14(22-12-10-21(4)11-13-22)7-8-17(23)19-9-5-6-18-20-15(2)16(3)24-18/h14H,5-13H2,1-4H3,(H,19,23)/t14-/m0/s1. The van der Waals surface area contributed by atoms with Gasteiger partial charge >= 0.3 is 0 Å². The smallest absolute Gasteiger partial charge is 0.220 e. The first-order valence-electron chi connectivity index (χ1n) is 9.08. The Kier molecular flexibility index (Phi) is 7.65. The zero-order valence-electron chi connectivity index (χ0n) is 15.6. The monoisotopic (exact) mass is 352 g/mol. The molecule has 2 heterocycles. The van der Waals surface area contributed by atoms with Crippen LogP contribution in [0.5, 0.6) is 0 Å². The van der Waals surface area contributed by atoms with Gasteiger partial charge in [-0.1, -0.05) is 0 Å². The maximum atomic E-state index is 12.0. The van der Waals surface area contributed by atoms with E-state index in [1.807, 2.05) is 0 Å². The van der Waals surface area contributed by atoms with Gasteiger partial charge < -0.3 is 10.2 Å². The third-order valence-corrected chi connectivity index (χ3v) is 6.05. The number of carbonyl (C=O) groups is 1. The Hall–Kier alpha value is -0.980. The number of hydrogen-bond acceptors (Lipinski definition) is 5. The SMILES string of the molecule is Cc1nc(CCCNC(=O)CC[C@H](C)N2CCN(C)CC2)sc1C. The zero-order chi connectivity index (χ0) is 17.5. The first kappa shape index (κ1) is 19.3. The molecule has 0 spiro atoms. The molecule has 0 bridgehead atoms. The number of thiazole rings is 1. The second-order valence-corrected chi connectivity index (χ2v) is 8.22. The maximum absolute atomic E-state index is 12.0. The number of hydrogen-bond donors (Lipinski definition) is 1. The summed E-state index contributed by atoms with van der Waals surface area (Å²) in [5.41, 5.74) is 1.14. The number of carbonyl (C=O) groups excluding carboxylic acids is 1. The molecule has 0 aliphatic carbocycles. The second kappa shape index (κ2) is 9.49. The van der Waals surface area contributed by atoms with E-state index in [2.05, 4.69) is 47.9 Å². The van der Waals surface area contributed by atoms with Crippen LogP contribution in [-0.4, -0.2) is 66.5 Å². The third-order valence-electron chi connectivity index (χ3n) is 4.91. The number of nitrogens with one attached hydrogen (secondary N) is 1. The molecule has 24 heavy (non-hydrogen) atoms. The van der Waals surface area contributed by atoms with Crippen LogP contribution in [0.15, 0.2) is 0 Å². The lowest BCUT2D eigenvalue weighted by Gasteiger charge is -2.36. The molecule has 1 fully saturated rings. The molecule has 1 aromatic heterocycles. The molecule has 6 heteroatoms. The van der Waals surface area contributed by atoms with E-state index in [0.29, 0.717) is 12.5 Å². The topological polar surface area (TPSA) is 48.5 Å². The lowest BCUT2D eigenvalue weighted by Crippen LogP contribution is -2.48. The van der Waals surface area contributed by atoms with E-state index < -0.39 is 0 Å². The van der Waals surface area contributed by atoms with E-state index in [1.54, 1.807) is 11.3 Å². The zero-order valence-corrected chi connectivity index (χ0v) is 16.4. The van der Waals surface area contributed by atoms with Gasteiger partial charge in [-0.15, -0.1) is 11.3 Å². The highest BCUT2D eigenvalue weighted by Gasteiger charge is 2.19. The molecule has 0 radical (unpaired) electrons. The van der Waals surface area contributed by atoms with Crippen LogP contribution in [0.3, 0.4) is 0 Å². The fraction of sp³-hybridized carbons (Fsp3) is 0.778. The van der Waals surface area contributed by atoms with Crippen molar-refractivity contribution in [3.05, 3.63) is 15.6 Å². The molecule has 0 saturated carbocycles. The van der Waals surface area contributed by atoms with Gasteiger partial charge in [-0.3, -0.25) is 9.69 Å². The van der Waals surface area contributed by atoms with Gasteiger partial charge in [-0.2, -0.15) is 0 Å². The van der Waals surface area contributed by atoms with Gasteiger partial charge in [0.25, 0.3) is 0 Å². The van der Waals surface area contributed by atoms with Crippen molar-refractivity contribution in [2.24, 2.45) is 0 Å². The Morgan fingerprint density at radius 2 is 2.00 bits per heavy atom. The molecule has 1 amide bonds. The highest BCUT2D eigenvalue weighted by Crippen LogP contribution is 2.17. The first-order valence-corrected chi connectivity index (χ1v) is 9.89. The minimum Gasteiger partial charge on any atom is -0.356 e. The summed E-state index contributed by atoms with van der Waals surface area (Å²) in [5.74, 6) is 0.183. The van der Waals surface area contributed by atoms with Gasteiger partial charge in [0.2, 0.25) is 5.91 Å². The predicted molar refractivity (Wildman–Crippen MR) is 101 cm³/mol. The van der Waals surface area contributed by atoms with Crippen molar-refractivity contribution in [2.45, 2.75) is 52.5 Å². The van der Waals surface area contributed by atoms with Gasteiger partial charge in [0, 0.05) is 56.5 Å². The quantitative estimate of drug-likeness (QED) is 0.729. The molecule has 1 N–H and O–H groups in total. The van der Waals surface area contributed by atoms with Crippen molar-refractivity contribution in [3.63, 3.8) is 0 Å². The van der Waals surface area contributed by atoms with Crippen LogP contribution in [0.2, 0.25) is 0 Å². The average molecular weight is 353 g/mol. The summed E-state index contributed by atoms with van der Waals surface area (Å²) in [6.45, 7) is 11.7. The van der Waals surface area contributed by atoms with Gasteiger partial charge in [0.1, 0.15) is 0 Å². The van der Waals surface area contributed by atoms with Crippen LogP contribution in [0, 0.1) is 13.8 Å². The molecule has 1 aliphatic rings. The molecule has 0 aromatic carbocycles. The lowest BCUT2D eigenvalue weighted by atomic mass is 10.1. The van der Waals surface area contributed by atoms with Crippen LogP contribution < -0.4 is 5.32 Å². The van der Waals surface area contributed by atoms with Crippen molar-refractivity contribution in [3.8, 4) is 0 Å². The molecule has 1 aromatic rings. The summed E-state index contributed by atoms with van der Waals surface area (Å²) < 4.78 is 0. The number of amides is 1. The molecular formula is C18H32N4OS. The summed E-state index contributed by atoms with van der Waals surface area (Å²) in [6.07, 6.45) is 3.49. The molecule has 1 aliphatic heterocycles. The molecule has 1 saturated heterocycles. The fourth-order valence-corrected chi connectivity index (χ4v) is 3.96. The highest BCUT2D eigenvalue weighted by atomic mass is 32.1. The molecule has 2 rings (SSSR count). The van der Waals surface area contributed by atoms with E-state index >= 15 is 0 Å². The molecule has 1 atom stereocenters. The van der Waals surface area contributed by atoms with E-state index in [9.17, 15) is 4.79 Å². The van der Waals surface area contributed by atoms with Crippen LogP contribution in [0.25, 0.3) is 0 Å². The van der Waals surface area contributed by atoms with Crippen LogP contribution in [0.1, 0.15) is 41.8 Å². The summed E-state index contributed by atoms with van der Waals surface area (Å²) in [7, 11) is 2.17. The van der Waals surface area contributed by atoms with Gasteiger partial charge in [0.05, 0.1) is 10.7 Å². The number of aryl methyl sites for hydroxylation is 3. The Bertz CT molecular complexity index is 504. The summed E-state index contributed by atoms with van der Waals surface area (Å²) in [4.78, 5) is 22.7. The van der Waals surface area contributed by atoms with Crippen molar-refractivity contribution in [1.82, 2.24) is 20.1 Å². The van der Waals surface area contributed by atoms with Crippen molar-refractivity contribution in [2.75, 3.05) is 39.8 Å². The van der Waals surface area contributed by atoms with Crippen LogP contribution in [-0.2, 0) is 11.2 Å². The Morgan fingerprint density at radius 1 is 1.29 bits per heavy atom. The number of aromatic nitrogens is 1. The van der Waals surface area contributed by atoms with Crippen LogP contribution in [0.4, 0.5) is 0 Å². The molecule has 136 valence electrons. The average Bonchev–Trinajstić information content (AvgIpc) is 2.88. The van der Waals surface area contributed by atoms with E-state index in [1.165, 1.54) is 9.88 Å². The Balaban J connectivity index is 1.56. The summed E-state index contributed by atoms with van der Waals surface area (Å²) in [6, 6.07) is 0.491. The molecule has 0 unspecified atom stereocenters. The van der Waals surface area contributed by atoms with Crippen molar-refractivity contribution < 1.29 is 4.79 Å². The van der Waals surface area contributed by atoms with Crippen molar-refractivity contribution in [1.29, 1.82) is 0 Å². The first-order chi connectivity index (χ1) is 11.5. The van der Waals surface area contributed by atoms with Gasteiger partial charge in [0.15, 0.2) is 0 Å². The Morgan fingerprint density at radius 3 is 2.62 bits per heavy atom. The summed E-state index contributed by atoms with van der Waals surface area (Å²) in [5, 5.41) is 4.23. The van der Waals surface area contributed by atoms with Crippen molar-refractivity contribution >= 4 is 17.2 Å². The largest absolute Gasteiger partial charge is 0.356 e. The summed E-state index contributed by atoms with van der Waals surface area (Å²) >= 11 is 1.77. The van der Waals surface area contributed by atoms with E-state index in [-0.39, 0.29) is 5.91 Å². The number of piperazine rings is 1. The normalized spacial score (nSPS) is 17.8. The third kappa shape index (κ3) is 6.15. The lowest BCUT2D eigenvalue weighted by molar-refractivity contribution is -0.121. The molecule has 5 nitrogen and oxygen atoms in total. The fourth-order valence-electron chi connectivity index (χ4n) is 2.99. The minimum atomic E-state index is 0.183. The second-order valence-electron chi connectivity index (χ2n) is 6.93. The number of rotatable bonds is 8. The molecular weight excluding hydrogens is 320 g/mol. The highest BCUT2D eigenvalue weighted by molar-refractivity contribution is 7.11. The predicted octanol–water partition coefficient (Wildman–Crippen LogP) is 2.22. The van der Waals surface area contributed by atoms with E-state index in [4.69, 9.17) is 0 Å². The van der Waals surface area contributed by atoms with Crippen LogP contribution >= 0.6 is 11.3 Å². The number of nitrogens with zero attached hydrogens (tertiary/aromatic N) is 3. The maximum Gasteiger partial charge on any atom is 0.220 e.